The zero-order valence-corrected chi connectivity index (χ0v) is 11.0. The van der Waals surface area contributed by atoms with Gasteiger partial charge in [-0.2, -0.15) is 4.98 Å². The van der Waals surface area contributed by atoms with Crippen LogP contribution in [-0.4, -0.2) is 29.9 Å². The molecule has 0 aliphatic heterocycles. The molecule has 1 aromatic carbocycles. The Bertz CT molecular complexity index is 550. The SMILES string of the molecule is COC(CN)Cc1nc(Cc2cc(F)cc(F)c2)no1. The number of halogens is 2. The van der Waals surface area contributed by atoms with Crippen molar-refractivity contribution in [3.05, 3.63) is 47.1 Å². The van der Waals surface area contributed by atoms with Crippen LogP contribution in [0.5, 0.6) is 0 Å². The molecule has 0 fully saturated rings. The largest absolute Gasteiger partial charge is 0.380 e. The third-order valence-corrected chi connectivity index (χ3v) is 2.79. The highest BCUT2D eigenvalue weighted by atomic mass is 19.1. The van der Waals surface area contributed by atoms with Crippen molar-refractivity contribution >= 4 is 0 Å². The van der Waals surface area contributed by atoms with E-state index >= 15 is 0 Å². The molecule has 2 N–H and O–H groups in total. The van der Waals surface area contributed by atoms with E-state index in [1.165, 1.54) is 12.1 Å². The van der Waals surface area contributed by atoms with Gasteiger partial charge in [0.1, 0.15) is 11.6 Å². The van der Waals surface area contributed by atoms with Crippen LogP contribution in [-0.2, 0) is 17.6 Å². The Labute approximate surface area is 114 Å². The van der Waals surface area contributed by atoms with Crippen LogP contribution in [0.25, 0.3) is 0 Å². The lowest BCUT2D eigenvalue weighted by Gasteiger charge is -2.08. The normalized spacial score (nSPS) is 12.6. The Balaban J connectivity index is 2.05. The first kappa shape index (κ1) is 14.5. The number of methoxy groups -OCH3 is 1. The van der Waals surface area contributed by atoms with Crippen LogP contribution in [0.2, 0.25) is 0 Å². The second kappa shape index (κ2) is 6.53. The maximum absolute atomic E-state index is 13.1. The summed E-state index contributed by atoms with van der Waals surface area (Å²) in [5.74, 6) is -0.524. The molecule has 5 nitrogen and oxygen atoms in total. The fourth-order valence-electron chi connectivity index (χ4n) is 1.80. The highest BCUT2D eigenvalue weighted by Gasteiger charge is 2.13. The van der Waals surface area contributed by atoms with Gasteiger partial charge in [-0.1, -0.05) is 5.16 Å². The Morgan fingerprint density at radius 2 is 2.00 bits per heavy atom. The van der Waals surface area contributed by atoms with Crippen LogP contribution in [0.4, 0.5) is 8.78 Å². The zero-order valence-electron chi connectivity index (χ0n) is 11.0. The first-order valence-electron chi connectivity index (χ1n) is 6.10. The minimum absolute atomic E-state index is 0.193. The lowest BCUT2D eigenvalue weighted by Crippen LogP contribution is -2.24. The minimum Gasteiger partial charge on any atom is -0.380 e. The number of nitrogens with zero attached hydrogens (tertiary/aromatic N) is 2. The van der Waals surface area contributed by atoms with E-state index in [4.69, 9.17) is 15.0 Å². The molecule has 20 heavy (non-hydrogen) atoms. The topological polar surface area (TPSA) is 74.2 Å². The van der Waals surface area contributed by atoms with Gasteiger partial charge in [0, 0.05) is 26.1 Å². The fourth-order valence-corrected chi connectivity index (χ4v) is 1.80. The van der Waals surface area contributed by atoms with E-state index in [1.54, 1.807) is 7.11 Å². The van der Waals surface area contributed by atoms with E-state index in [0.29, 0.717) is 30.2 Å². The minimum atomic E-state index is -0.633. The third-order valence-electron chi connectivity index (χ3n) is 2.79. The molecule has 2 aromatic rings. The summed E-state index contributed by atoms with van der Waals surface area (Å²) < 4.78 is 36.3. The molecule has 0 amide bonds. The molecule has 1 heterocycles. The summed E-state index contributed by atoms with van der Waals surface area (Å²) in [6.07, 6.45) is 0.394. The Morgan fingerprint density at radius 1 is 1.30 bits per heavy atom. The third kappa shape index (κ3) is 3.82. The van der Waals surface area contributed by atoms with Crippen molar-refractivity contribution in [2.24, 2.45) is 5.73 Å². The van der Waals surface area contributed by atoms with Gasteiger partial charge in [-0.3, -0.25) is 0 Å². The van der Waals surface area contributed by atoms with Crippen molar-refractivity contribution in [1.29, 1.82) is 0 Å². The van der Waals surface area contributed by atoms with Crippen LogP contribution in [0.3, 0.4) is 0 Å². The van der Waals surface area contributed by atoms with Gasteiger partial charge >= 0.3 is 0 Å². The molecule has 0 spiro atoms. The van der Waals surface area contributed by atoms with E-state index in [2.05, 4.69) is 10.1 Å². The summed E-state index contributed by atoms with van der Waals surface area (Å²) in [7, 11) is 1.55. The maximum atomic E-state index is 13.1. The first-order valence-corrected chi connectivity index (χ1v) is 6.10. The molecule has 1 unspecified atom stereocenters. The number of hydrogen-bond donors (Lipinski definition) is 1. The standard InChI is InChI=1S/C13H15F2N3O2/c1-19-11(7-16)6-13-17-12(18-20-13)4-8-2-9(14)5-10(15)3-8/h2-3,5,11H,4,6-7,16H2,1H3. The molecule has 0 bridgehead atoms. The monoisotopic (exact) mass is 283 g/mol. The molecular weight excluding hydrogens is 268 g/mol. The molecule has 1 aromatic heterocycles. The molecular formula is C13H15F2N3O2. The van der Waals surface area contributed by atoms with E-state index < -0.39 is 11.6 Å². The van der Waals surface area contributed by atoms with E-state index in [0.717, 1.165) is 6.07 Å². The van der Waals surface area contributed by atoms with Gasteiger partial charge in [-0.15, -0.1) is 0 Å². The number of hydrogen-bond acceptors (Lipinski definition) is 5. The van der Waals surface area contributed by atoms with Crippen molar-refractivity contribution in [2.75, 3.05) is 13.7 Å². The number of benzene rings is 1. The summed E-state index contributed by atoms with van der Waals surface area (Å²) >= 11 is 0. The van der Waals surface area contributed by atoms with Gasteiger partial charge in [0.05, 0.1) is 12.5 Å². The van der Waals surface area contributed by atoms with Gasteiger partial charge in [0.2, 0.25) is 5.89 Å². The van der Waals surface area contributed by atoms with E-state index in [9.17, 15) is 8.78 Å². The lowest BCUT2D eigenvalue weighted by molar-refractivity contribution is 0.102. The summed E-state index contributed by atoms with van der Waals surface area (Å²) in [6.45, 7) is 0.337. The van der Waals surface area contributed by atoms with Crippen LogP contribution in [0.15, 0.2) is 22.7 Å². The molecule has 0 aliphatic carbocycles. The summed E-state index contributed by atoms with van der Waals surface area (Å²) in [6, 6.07) is 3.28. The molecule has 108 valence electrons. The molecule has 0 aliphatic rings. The van der Waals surface area contributed by atoms with Gasteiger partial charge in [-0.05, 0) is 17.7 Å². The summed E-state index contributed by atoms with van der Waals surface area (Å²) in [5, 5.41) is 3.77. The Hall–Kier alpha value is -1.86. The van der Waals surface area contributed by atoms with Gasteiger partial charge in [0.15, 0.2) is 5.82 Å². The van der Waals surface area contributed by atoms with Crippen molar-refractivity contribution in [2.45, 2.75) is 18.9 Å². The number of aromatic nitrogens is 2. The van der Waals surface area contributed by atoms with Crippen LogP contribution < -0.4 is 5.73 Å². The average Bonchev–Trinajstić information content (AvgIpc) is 2.82. The highest BCUT2D eigenvalue weighted by molar-refractivity contribution is 5.21. The van der Waals surface area contributed by atoms with Crippen molar-refractivity contribution in [1.82, 2.24) is 10.1 Å². The van der Waals surface area contributed by atoms with Crippen LogP contribution >= 0.6 is 0 Å². The Morgan fingerprint density at radius 3 is 2.60 bits per heavy atom. The predicted molar refractivity (Wildman–Crippen MR) is 67.0 cm³/mol. The van der Waals surface area contributed by atoms with E-state index in [-0.39, 0.29) is 12.5 Å². The second-order valence-corrected chi connectivity index (χ2v) is 4.36. The van der Waals surface area contributed by atoms with E-state index in [1.807, 2.05) is 0 Å². The number of rotatable bonds is 6. The second-order valence-electron chi connectivity index (χ2n) is 4.36. The molecule has 1 atom stereocenters. The molecule has 0 saturated carbocycles. The van der Waals surface area contributed by atoms with Gasteiger partial charge < -0.3 is 15.0 Å². The molecule has 7 heteroatoms. The van der Waals surface area contributed by atoms with Gasteiger partial charge in [0.25, 0.3) is 0 Å². The average molecular weight is 283 g/mol. The number of ether oxygens (including phenoxy) is 1. The molecule has 2 rings (SSSR count). The first-order chi connectivity index (χ1) is 9.60. The fraction of sp³-hybridized carbons (Fsp3) is 0.385. The predicted octanol–water partition coefficient (Wildman–Crippen LogP) is 1.45. The molecule has 0 saturated heterocycles. The summed E-state index contributed by atoms with van der Waals surface area (Å²) in [4.78, 5) is 4.14. The van der Waals surface area contributed by atoms with Crippen LogP contribution in [0, 0.1) is 11.6 Å². The molecule has 0 radical (unpaired) electrons. The highest BCUT2D eigenvalue weighted by Crippen LogP contribution is 2.12. The Kier molecular flexibility index (Phi) is 4.75. The lowest BCUT2D eigenvalue weighted by atomic mass is 10.1. The van der Waals surface area contributed by atoms with Crippen molar-refractivity contribution in [3.8, 4) is 0 Å². The van der Waals surface area contributed by atoms with Crippen molar-refractivity contribution in [3.63, 3.8) is 0 Å². The maximum Gasteiger partial charge on any atom is 0.229 e. The zero-order chi connectivity index (χ0) is 14.5. The summed E-state index contributed by atoms with van der Waals surface area (Å²) in [5.41, 5.74) is 5.94. The van der Waals surface area contributed by atoms with Crippen molar-refractivity contribution < 1.29 is 18.0 Å². The van der Waals surface area contributed by atoms with Gasteiger partial charge in [-0.25, -0.2) is 8.78 Å². The van der Waals surface area contributed by atoms with Crippen LogP contribution in [0.1, 0.15) is 17.3 Å². The quantitative estimate of drug-likeness (QED) is 0.868. The number of nitrogens with two attached hydrogens (primary N) is 1. The smallest absolute Gasteiger partial charge is 0.229 e.